The maximum absolute atomic E-state index is 12.7. The Morgan fingerprint density at radius 3 is 2.63 bits per heavy atom. The van der Waals surface area contributed by atoms with Crippen LogP contribution in [0.25, 0.3) is 11.4 Å². The first-order chi connectivity index (χ1) is 14.5. The molecular formula is C22H24N4O4. The fraction of sp³-hybridized carbons (Fsp3) is 0.364. The molecule has 0 aliphatic carbocycles. The molecule has 30 heavy (non-hydrogen) atoms. The minimum Gasteiger partial charge on any atom is -0.459 e. The summed E-state index contributed by atoms with van der Waals surface area (Å²) in [6.07, 6.45) is 2.90. The molecule has 1 aliphatic heterocycles. The number of rotatable bonds is 5. The Hall–Kier alpha value is -3.42. The lowest BCUT2D eigenvalue weighted by atomic mass is 9.96. The third-order valence-electron chi connectivity index (χ3n) is 5.45. The summed E-state index contributed by atoms with van der Waals surface area (Å²) >= 11 is 0. The average molecular weight is 408 g/mol. The maximum Gasteiger partial charge on any atom is 0.287 e. The van der Waals surface area contributed by atoms with Crippen LogP contribution in [0.5, 0.6) is 0 Å². The molecular weight excluding hydrogens is 384 g/mol. The molecule has 3 aromatic rings. The molecule has 0 saturated carbocycles. The maximum atomic E-state index is 12.7. The molecule has 1 aromatic carbocycles. The van der Waals surface area contributed by atoms with Crippen LogP contribution in [0.3, 0.4) is 0 Å². The van der Waals surface area contributed by atoms with Crippen molar-refractivity contribution in [2.45, 2.75) is 38.6 Å². The number of benzene rings is 1. The van der Waals surface area contributed by atoms with Gasteiger partial charge in [-0.05, 0) is 44.4 Å². The molecule has 8 nitrogen and oxygen atoms in total. The normalized spacial score (nSPS) is 15.7. The molecule has 0 spiro atoms. The highest BCUT2D eigenvalue weighted by Gasteiger charge is 2.30. The third kappa shape index (κ3) is 4.12. The third-order valence-corrected chi connectivity index (χ3v) is 5.45. The molecule has 8 heteroatoms. The minimum absolute atomic E-state index is 0.112. The van der Waals surface area contributed by atoms with E-state index in [9.17, 15) is 9.59 Å². The smallest absolute Gasteiger partial charge is 0.287 e. The fourth-order valence-electron chi connectivity index (χ4n) is 3.69. The van der Waals surface area contributed by atoms with E-state index in [-0.39, 0.29) is 17.6 Å². The minimum atomic E-state index is -0.629. The lowest BCUT2D eigenvalue weighted by Gasteiger charge is -2.32. The van der Waals surface area contributed by atoms with Gasteiger partial charge in [-0.3, -0.25) is 9.59 Å². The number of nitrogens with one attached hydrogen (secondary N) is 1. The van der Waals surface area contributed by atoms with Gasteiger partial charge in [-0.1, -0.05) is 29.4 Å². The van der Waals surface area contributed by atoms with E-state index in [2.05, 4.69) is 15.5 Å². The van der Waals surface area contributed by atoms with Crippen molar-refractivity contribution in [3.05, 3.63) is 59.9 Å². The van der Waals surface area contributed by atoms with E-state index in [4.69, 9.17) is 8.94 Å². The average Bonchev–Trinajstić information content (AvgIpc) is 3.46. The Morgan fingerprint density at radius 2 is 1.93 bits per heavy atom. The van der Waals surface area contributed by atoms with Crippen LogP contribution in [0.15, 0.2) is 51.6 Å². The molecule has 4 rings (SSSR count). The highest BCUT2D eigenvalue weighted by atomic mass is 16.5. The molecule has 0 radical (unpaired) electrons. The molecule has 3 heterocycles. The van der Waals surface area contributed by atoms with Gasteiger partial charge in [0.1, 0.15) is 6.04 Å². The molecule has 2 amide bonds. The van der Waals surface area contributed by atoms with Gasteiger partial charge in [-0.25, -0.2) is 0 Å². The van der Waals surface area contributed by atoms with Crippen LogP contribution in [0.4, 0.5) is 0 Å². The van der Waals surface area contributed by atoms with Crippen LogP contribution in [0.2, 0.25) is 0 Å². The topological polar surface area (TPSA) is 101 Å². The number of amides is 2. The van der Waals surface area contributed by atoms with E-state index in [1.54, 1.807) is 24.0 Å². The van der Waals surface area contributed by atoms with Gasteiger partial charge in [-0.2, -0.15) is 4.98 Å². The van der Waals surface area contributed by atoms with Gasteiger partial charge in [0.25, 0.3) is 5.91 Å². The Kier molecular flexibility index (Phi) is 5.65. The van der Waals surface area contributed by atoms with E-state index in [1.807, 2.05) is 31.2 Å². The summed E-state index contributed by atoms with van der Waals surface area (Å²) in [7, 11) is 0. The number of carbonyl (C=O) groups excluding carboxylic acids is 2. The fourth-order valence-corrected chi connectivity index (χ4v) is 3.69. The summed E-state index contributed by atoms with van der Waals surface area (Å²) in [6, 6.07) is 10.5. The van der Waals surface area contributed by atoms with Gasteiger partial charge in [0.05, 0.1) is 6.26 Å². The predicted octanol–water partition coefficient (Wildman–Crippen LogP) is 3.16. The van der Waals surface area contributed by atoms with Crippen molar-refractivity contribution in [2.24, 2.45) is 0 Å². The Morgan fingerprint density at radius 1 is 1.17 bits per heavy atom. The molecule has 0 bridgehead atoms. The van der Waals surface area contributed by atoms with E-state index in [0.717, 1.165) is 24.0 Å². The van der Waals surface area contributed by atoms with Gasteiger partial charge in [0, 0.05) is 24.6 Å². The second-order valence-corrected chi connectivity index (χ2v) is 7.54. The predicted molar refractivity (Wildman–Crippen MR) is 109 cm³/mol. The summed E-state index contributed by atoms with van der Waals surface area (Å²) in [5.41, 5.74) is 2.05. The van der Waals surface area contributed by atoms with Crippen molar-refractivity contribution in [1.82, 2.24) is 20.4 Å². The first-order valence-electron chi connectivity index (χ1n) is 10.1. The zero-order valence-electron chi connectivity index (χ0n) is 17.0. The molecule has 1 fully saturated rings. The second-order valence-electron chi connectivity index (χ2n) is 7.54. The number of likely N-dealkylation sites (tertiary alicyclic amines) is 1. The summed E-state index contributed by atoms with van der Waals surface area (Å²) < 4.78 is 10.6. The largest absolute Gasteiger partial charge is 0.459 e. The molecule has 1 unspecified atom stereocenters. The van der Waals surface area contributed by atoms with Crippen LogP contribution in [0, 0.1) is 6.92 Å². The van der Waals surface area contributed by atoms with Gasteiger partial charge in [0.15, 0.2) is 5.76 Å². The number of furan rings is 1. The summed E-state index contributed by atoms with van der Waals surface area (Å²) in [4.78, 5) is 31.1. The highest BCUT2D eigenvalue weighted by molar-refractivity contribution is 5.95. The van der Waals surface area contributed by atoms with Gasteiger partial charge >= 0.3 is 0 Å². The molecule has 156 valence electrons. The van der Waals surface area contributed by atoms with E-state index < -0.39 is 11.9 Å². The van der Waals surface area contributed by atoms with Gasteiger partial charge in [0.2, 0.25) is 17.6 Å². The van der Waals surface area contributed by atoms with Crippen LogP contribution in [0.1, 0.15) is 47.7 Å². The van der Waals surface area contributed by atoms with Crippen molar-refractivity contribution >= 4 is 11.8 Å². The van der Waals surface area contributed by atoms with Crippen molar-refractivity contribution in [2.75, 3.05) is 13.1 Å². The quantitative estimate of drug-likeness (QED) is 0.696. The van der Waals surface area contributed by atoms with Crippen LogP contribution < -0.4 is 5.32 Å². The molecule has 1 aliphatic rings. The van der Waals surface area contributed by atoms with E-state index in [0.29, 0.717) is 24.8 Å². The van der Waals surface area contributed by atoms with Crippen LogP contribution in [-0.2, 0) is 4.79 Å². The second kappa shape index (κ2) is 8.52. The van der Waals surface area contributed by atoms with E-state index >= 15 is 0 Å². The monoisotopic (exact) mass is 408 g/mol. The van der Waals surface area contributed by atoms with Crippen molar-refractivity contribution < 1.29 is 18.5 Å². The zero-order chi connectivity index (χ0) is 21.1. The lowest BCUT2D eigenvalue weighted by molar-refractivity contribution is -0.134. The molecule has 2 aromatic heterocycles. The van der Waals surface area contributed by atoms with Crippen molar-refractivity contribution in [3.8, 4) is 11.4 Å². The number of piperidine rings is 1. The molecule has 1 atom stereocenters. The number of hydrogen-bond donors (Lipinski definition) is 1. The Balaban J connectivity index is 1.33. The number of nitrogens with zero attached hydrogens (tertiary/aromatic N) is 3. The van der Waals surface area contributed by atoms with Gasteiger partial charge < -0.3 is 19.2 Å². The summed E-state index contributed by atoms with van der Waals surface area (Å²) in [5, 5.41) is 6.82. The Bertz CT molecular complexity index is 1020. The summed E-state index contributed by atoms with van der Waals surface area (Å²) in [6.45, 7) is 4.85. The Labute approximate surface area is 174 Å². The van der Waals surface area contributed by atoms with Crippen molar-refractivity contribution in [3.63, 3.8) is 0 Å². The van der Waals surface area contributed by atoms with Gasteiger partial charge in [-0.15, -0.1) is 0 Å². The first-order valence-corrected chi connectivity index (χ1v) is 10.1. The number of hydrogen-bond acceptors (Lipinski definition) is 6. The van der Waals surface area contributed by atoms with Crippen LogP contribution in [-0.4, -0.2) is 46.0 Å². The number of aromatic nitrogens is 2. The number of carbonyl (C=O) groups is 2. The SMILES string of the molecule is Cc1ccccc1-c1noc(C2CCN(C(=O)C(C)NC(=O)c3ccco3)CC2)n1. The lowest BCUT2D eigenvalue weighted by Crippen LogP contribution is -2.49. The zero-order valence-corrected chi connectivity index (χ0v) is 17.0. The standard InChI is InChI=1S/C22H24N4O4/c1-14-6-3-4-7-17(14)19-24-21(30-25-19)16-9-11-26(12-10-16)22(28)15(2)23-20(27)18-8-5-13-29-18/h3-8,13,15-16H,9-12H2,1-2H3,(H,23,27). The summed E-state index contributed by atoms with van der Waals surface area (Å²) in [5.74, 6) is 1.00. The molecule has 1 saturated heterocycles. The first kappa shape index (κ1) is 19.9. The van der Waals surface area contributed by atoms with Crippen molar-refractivity contribution in [1.29, 1.82) is 0 Å². The number of aryl methyl sites for hydroxylation is 1. The highest BCUT2D eigenvalue weighted by Crippen LogP contribution is 2.29. The van der Waals surface area contributed by atoms with Crippen LogP contribution >= 0.6 is 0 Å². The molecule has 1 N–H and O–H groups in total. The van der Waals surface area contributed by atoms with E-state index in [1.165, 1.54) is 6.26 Å².